The number of halogens is 2. The molecule has 0 heterocycles. The molecule has 0 bridgehead atoms. The molecular formula is C24H20Cl2SiZr-2. The summed E-state index contributed by atoms with van der Waals surface area (Å²) in [5.74, 6) is 0. The maximum atomic E-state index is 2.31. The average Bonchev–Trinajstić information content (AvgIpc) is 3.38. The quantitative estimate of drug-likeness (QED) is 0.216. The van der Waals surface area contributed by atoms with Crippen LogP contribution in [0.15, 0.2) is 60.7 Å². The minimum Gasteiger partial charge on any atom is -1.00 e. The first-order chi connectivity index (χ1) is 12.6. The Morgan fingerprint density at radius 1 is 0.643 bits per heavy atom. The monoisotopic (exact) mass is 496 g/mol. The zero-order valence-corrected chi connectivity index (χ0v) is 20.8. The standard InChI is InChI=1S/2C11H7.C2H6Si.2ClH.Zr/c2*1-2-8-4-6-10-7-5-9(3-1)11(8)10;1-3-2;;;/h2*1-7H;1-2H3;2*1H;/q2*-1;;;;+2/p-2. The molecule has 0 saturated heterocycles. The molecular weight excluding hydrogens is 478 g/mol. The van der Waals surface area contributed by atoms with Gasteiger partial charge in [0.15, 0.2) is 0 Å². The topological polar surface area (TPSA) is 0 Å². The smallest absolute Gasteiger partial charge is 1.00 e. The predicted molar refractivity (Wildman–Crippen MR) is 114 cm³/mol. The van der Waals surface area contributed by atoms with Gasteiger partial charge < -0.3 is 24.8 Å². The predicted octanol–water partition coefficient (Wildman–Crippen LogP) is 0.877. The molecule has 28 heavy (non-hydrogen) atoms. The SMILES string of the molecule is C1=Cc2c[cH-]c3cccc1c23.C1=Cc2c[cH-]c3cccc1c23.C[Si](C)=[Zr+2].[Cl-].[Cl-]. The molecule has 2 aliphatic carbocycles. The number of rotatable bonds is 0. The summed E-state index contributed by atoms with van der Waals surface area (Å²) in [4.78, 5) is 0. The summed E-state index contributed by atoms with van der Waals surface area (Å²) in [6.07, 6.45) is 8.71. The average molecular weight is 499 g/mol. The summed E-state index contributed by atoms with van der Waals surface area (Å²) in [7, 11) is 0. The van der Waals surface area contributed by atoms with E-state index >= 15 is 0 Å². The second kappa shape index (κ2) is 10.0. The van der Waals surface area contributed by atoms with Crippen LogP contribution >= 0.6 is 0 Å². The van der Waals surface area contributed by atoms with E-state index in [2.05, 4.69) is 98.1 Å². The Bertz CT molecular complexity index is 1090. The first kappa shape index (κ1) is 23.1. The molecule has 4 aromatic carbocycles. The maximum Gasteiger partial charge on any atom is -1.00 e. The molecule has 0 fully saturated rings. The Balaban J connectivity index is 0.000000160. The van der Waals surface area contributed by atoms with Crippen molar-refractivity contribution in [3.8, 4) is 0 Å². The van der Waals surface area contributed by atoms with Gasteiger partial charge in [0.2, 0.25) is 0 Å². The minimum atomic E-state index is 0. The van der Waals surface area contributed by atoms with Crippen LogP contribution in [0, 0.1) is 0 Å². The van der Waals surface area contributed by atoms with Crippen molar-refractivity contribution in [3.05, 3.63) is 82.9 Å². The third-order valence-electron chi connectivity index (χ3n) is 4.60. The number of hydrogen-bond donors (Lipinski definition) is 0. The van der Waals surface area contributed by atoms with Crippen molar-refractivity contribution in [1.82, 2.24) is 0 Å². The van der Waals surface area contributed by atoms with E-state index in [1.807, 2.05) is 0 Å². The second-order valence-electron chi connectivity index (χ2n) is 6.87. The van der Waals surface area contributed by atoms with Crippen LogP contribution in [0.5, 0.6) is 0 Å². The molecule has 0 spiro atoms. The molecule has 6 rings (SSSR count). The van der Waals surface area contributed by atoms with Crippen molar-refractivity contribution in [2.45, 2.75) is 13.1 Å². The van der Waals surface area contributed by atoms with Crippen LogP contribution < -0.4 is 24.8 Å². The van der Waals surface area contributed by atoms with Crippen molar-refractivity contribution in [3.63, 3.8) is 0 Å². The van der Waals surface area contributed by atoms with Gasteiger partial charge in [-0.3, -0.25) is 0 Å². The van der Waals surface area contributed by atoms with Crippen LogP contribution in [0.3, 0.4) is 0 Å². The van der Waals surface area contributed by atoms with Crippen molar-refractivity contribution in [1.29, 1.82) is 0 Å². The third-order valence-corrected chi connectivity index (χ3v) is 4.60. The van der Waals surface area contributed by atoms with E-state index < -0.39 is 0 Å². The van der Waals surface area contributed by atoms with Crippen molar-refractivity contribution < 1.29 is 48.1 Å². The molecule has 0 saturated carbocycles. The number of hydrogen-bond acceptors (Lipinski definition) is 0. The van der Waals surface area contributed by atoms with Gasteiger partial charge >= 0.3 is 41.9 Å². The molecule has 0 N–H and O–H groups in total. The molecule has 0 aliphatic heterocycles. The fourth-order valence-corrected chi connectivity index (χ4v) is 3.56. The van der Waals surface area contributed by atoms with Gasteiger partial charge in [0.05, 0.1) is 0 Å². The van der Waals surface area contributed by atoms with Crippen LogP contribution in [-0.4, -0.2) is 5.43 Å². The molecule has 140 valence electrons. The van der Waals surface area contributed by atoms with E-state index in [4.69, 9.17) is 0 Å². The summed E-state index contributed by atoms with van der Waals surface area (Å²) < 4.78 is 0. The first-order valence-electron chi connectivity index (χ1n) is 8.88. The van der Waals surface area contributed by atoms with E-state index in [1.54, 1.807) is 23.3 Å². The Kier molecular flexibility index (Phi) is 8.28. The zero-order valence-electron chi connectivity index (χ0n) is 15.8. The van der Waals surface area contributed by atoms with Crippen molar-refractivity contribution >= 4 is 51.3 Å². The van der Waals surface area contributed by atoms with Crippen LogP contribution in [-0.2, 0) is 23.3 Å². The van der Waals surface area contributed by atoms with Crippen molar-refractivity contribution in [2.75, 3.05) is 0 Å². The van der Waals surface area contributed by atoms with Gasteiger partial charge in [-0.2, -0.15) is 0 Å². The summed E-state index contributed by atoms with van der Waals surface area (Å²) in [6.45, 7) is 4.62. The van der Waals surface area contributed by atoms with E-state index in [0.29, 0.717) is 0 Å². The summed E-state index contributed by atoms with van der Waals surface area (Å²) >= 11 is 1.74. The van der Waals surface area contributed by atoms with Gasteiger partial charge in [0.25, 0.3) is 0 Å². The van der Waals surface area contributed by atoms with E-state index in [0.717, 1.165) is 0 Å². The molecule has 0 radical (unpaired) electrons. The van der Waals surface area contributed by atoms with Gasteiger partial charge in [-0.25, -0.2) is 0 Å². The Hall–Kier alpha value is -1.18. The molecule has 0 atom stereocenters. The molecule has 4 heteroatoms. The van der Waals surface area contributed by atoms with E-state index in [1.165, 1.54) is 43.8 Å². The second-order valence-corrected chi connectivity index (χ2v) is 16.2. The fourth-order valence-electron chi connectivity index (χ4n) is 3.56. The fraction of sp³-hybridized carbons (Fsp3) is 0.0833. The van der Waals surface area contributed by atoms with Gasteiger partial charge in [-0.1, -0.05) is 35.4 Å². The van der Waals surface area contributed by atoms with Gasteiger partial charge in [0.1, 0.15) is 0 Å². The maximum absolute atomic E-state index is 2.31. The van der Waals surface area contributed by atoms with E-state index in [-0.39, 0.29) is 30.2 Å². The van der Waals surface area contributed by atoms with Crippen LogP contribution in [0.4, 0.5) is 0 Å². The Morgan fingerprint density at radius 2 is 1.00 bits per heavy atom. The zero-order chi connectivity index (χ0) is 18.1. The molecule has 0 aromatic heterocycles. The normalized spacial score (nSPS) is 11.3. The molecule has 0 nitrogen and oxygen atoms in total. The third kappa shape index (κ3) is 4.69. The van der Waals surface area contributed by atoms with Gasteiger partial charge in [0, 0.05) is 0 Å². The van der Waals surface area contributed by atoms with Crippen molar-refractivity contribution in [2.24, 2.45) is 0 Å². The van der Waals surface area contributed by atoms with Crippen LogP contribution in [0.25, 0.3) is 45.8 Å². The van der Waals surface area contributed by atoms with Crippen LogP contribution in [0.2, 0.25) is 13.1 Å². The molecule has 2 aliphatic rings. The summed E-state index contributed by atoms with van der Waals surface area (Å²) in [5.41, 5.74) is 5.68. The van der Waals surface area contributed by atoms with E-state index in [9.17, 15) is 0 Å². The minimum absolute atomic E-state index is 0. The molecule has 0 unspecified atom stereocenters. The Morgan fingerprint density at radius 3 is 1.39 bits per heavy atom. The summed E-state index contributed by atoms with van der Waals surface area (Å²) in [5, 5.41) is 5.57. The molecule has 4 aromatic rings. The van der Waals surface area contributed by atoms with Gasteiger partial charge in [-0.15, -0.1) is 93.4 Å². The number of benzene rings is 2. The summed E-state index contributed by atoms with van der Waals surface area (Å²) in [6, 6.07) is 21.6. The first-order valence-corrected chi connectivity index (χ1v) is 15.1. The largest absolute Gasteiger partial charge is 1.00 e. The van der Waals surface area contributed by atoms with Gasteiger partial charge in [-0.05, 0) is 0 Å². The van der Waals surface area contributed by atoms with Crippen LogP contribution in [0.1, 0.15) is 22.3 Å². The molecule has 0 amide bonds. The Labute approximate surface area is 194 Å².